The molecule has 2 aliphatic rings. The van der Waals surface area contributed by atoms with Crippen molar-refractivity contribution in [2.75, 3.05) is 18.9 Å². The number of rotatable bonds is 5. The highest BCUT2D eigenvalue weighted by Gasteiger charge is 2.37. The minimum atomic E-state index is -0.0789. The van der Waals surface area contributed by atoms with Crippen LogP contribution >= 0.6 is 23.4 Å². The molecule has 30 heavy (non-hydrogen) atoms. The highest BCUT2D eigenvalue weighted by atomic mass is 35.5. The molecule has 0 N–H and O–H groups in total. The molecule has 2 atom stereocenters. The maximum atomic E-state index is 12.7. The summed E-state index contributed by atoms with van der Waals surface area (Å²) in [6.07, 6.45) is 4.25. The number of halogens is 1. The Labute approximate surface area is 185 Å². The third-order valence-electron chi connectivity index (χ3n) is 5.54. The summed E-state index contributed by atoms with van der Waals surface area (Å²) in [5.41, 5.74) is 3.88. The van der Waals surface area contributed by atoms with E-state index >= 15 is 0 Å². The fraction of sp³-hybridized carbons (Fsp3) is 0.304. The van der Waals surface area contributed by atoms with E-state index in [9.17, 15) is 4.79 Å². The summed E-state index contributed by atoms with van der Waals surface area (Å²) in [4.78, 5) is 14.7. The molecule has 0 saturated carbocycles. The maximum absolute atomic E-state index is 12.7. The van der Waals surface area contributed by atoms with Crippen LogP contribution in [0.5, 0.6) is 0 Å². The SMILES string of the molecule is O=C1CSC(c2cn(-c3ccccc3)nc2-c2ccc(Cl)cc2)N1CC1CCCO1. The standard InChI is InChI=1S/C23H22ClN3O2S/c24-17-10-8-16(9-11-17)22-20(14-27(25-22)18-5-2-1-3-6-18)23-26(21(28)15-30-23)13-19-7-4-12-29-19/h1-3,5-6,8-11,14,19,23H,4,7,12-13,15H2. The quantitative estimate of drug-likeness (QED) is 0.564. The molecule has 1 amide bonds. The topological polar surface area (TPSA) is 47.4 Å². The number of para-hydroxylation sites is 1. The Morgan fingerprint density at radius 1 is 1.13 bits per heavy atom. The molecule has 3 aromatic rings. The lowest BCUT2D eigenvalue weighted by molar-refractivity contribution is -0.129. The molecule has 2 aliphatic heterocycles. The number of thioether (sulfide) groups is 1. The lowest BCUT2D eigenvalue weighted by atomic mass is 10.1. The Morgan fingerprint density at radius 3 is 2.67 bits per heavy atom. The van der Waals surface area contributed by atoms with Gasteiger partial charge in [0.05, 0.1) is 23.2 Å². The first-order valence-corrected chi connectivity index (χ1v) is 11.6. The predicted octanol–water partition coefficient (Wildman–Crippen LogP) is 4.95. The average Bonchev–Trinajstić information content (AvgIpc) is 3.51. The second kappa shape index (κ2) is 8.46. The summed E-state index contributed by atoms with van der Waals surface area (Å²) in [5, 5.41) is 5.52. The zero-order valence-corrected chi connectivity index (χ0v) is 18.0. The zero-order valence-electron chi connectivity index (χ0n) is 16.4. The number of nitrogens with zero attached hydrogens (tertiary/aromatic N) is 3. The Hall–Kier alpha value is -2.28. The van der Waals surface area contributed by atoms with Gasteiger partial charge in [0.2, 0.25) is 5.91 Å². The van der Waals surface area contributed by atoms with Crippen molar-refractivity contribution in [2.45, 2.75) is 24.3 Å². The molecule has 154 valence electrons. The lowest BCUT2D eigenvalue weighted by Crippen LogP contribution is -2.35. The van der Waals surface area contributed by atoms with E-state index in [-0.39, 0.29) is 17.4 Å². The predicted molar refractivity (Wildman–Crippen MR) is 120 cm³/mol. The summed E-state index contributed by atoms with van der Waals surface area (Å²) in [6.45, 7) is 1.42. The number of carbonyl (C=O) groups excluding carboxylic acids is 1. The van der Waals surface area contributed by atoms with Gasteiger partial charge in [-0.05, 0) is 37.1 Å². The number of benzene rings is 2. The van der Waals surface area contributed by atoms with E-state index in [4.69, 9.17) is 21.4 Å². The summed E-state index contributed by atoms with van der Waals surface area (Å²) in [5.74, 6) is 0.642. The molecule has 5 nitrogen and oxygen atoms in total. The third kappa shape index (κ3) is 3.87. The molecule has 7 heteroatoms. The van der Waals surface area contributed by atoms with Crippen LogP contribution in [0.4, 0.5) is 0 Å². The second-order valence-electron chi connectivity index (χ2n) is 7.56. The van der Waals surface area contributed by atoms with E-state index in [0.717, 1.165) is 42.0 Å². The molecular weight excluding hydrogens is 418 g/mol. The van der Waals surface area contributed by atoms with Crippen LogP contribution in [0, 0.1) is 0 Å². The molecule has 0 spiro atoms. The maximum Gasteiger partial charge on any atom is 0.233 e. The van der Waals surface area contributed by atoms with Gasteiger partial charge in [0.25, 0.3) is 0 Å². The van der Waals surface area contributed by atoms with Crippen LogP contribution in [-0.2, 0) is 9.53 Å². The van der Waals surface area contributed by atoms with E-state index in [1.165, 1.54) is 0 Å². The summed E-state index contributed by atoms with van der Waals surface area (Å²) in [7, 11) is 0. The van der Waals surface area contributed by atoms with Gasteiger partial charge < -0.3 is 9.64 Å². The lowest BCUT2D eigenvalue weighted by Gasteiger charge is -2.26. The van der Waals surface area contributed by atoms with Gasteiger partial charge in [0.15, 0.2) is 0 Å². The van der Waals surface area contributed by atoms with E-state index in [1.807, 2.05) is 64.2 Å². The van der Waals surface area contributed by atoms with Crippen LogP contribution in [0.15, 0.2) is 60.8 Å². The smallest absolute Gasteiger partial charge is 0.233 e. The van der Waals surface area contributed by atoms with Gasteiger partial charge >= 0.3 is 0 Å². The Balaban J connectivity index is 1.56. The fourth-order valence-electron chi connectivity index (χ4n) is 4.03. The summed E-state index contributed by atoms with van der Waals surface area (Å²) < 4.78 is 7.71. The number of hydrogen-bond donors (Lipinski definition) is 0. The van der Waals surface area contributed by atoms with Gasteiger partial charge in [0, 0.05) is 35.5 Å². The molecule has 5 rings (SSSR count). The minimum absolute atomic E-state index is 0.0789. The highest BCUT2D eigenvalue weighted by molar-refractivity contribution is 8.00. The molecule has 3 heterocycles. The van der Waals surface area contributed by atoms with Gasteiger partial charge in [-0.15, -0.1) is 11.8 Å². The molecule has 0 bridgehead atoms. The van der Waals surface area contributed by atoms with Crippen molar-refractivity contribution in [2.24, 2.45) is 0 Å². The van der Waals surface area contributed by atoms with Crippen molar-refractivity contribution >= 4 is 29.3 Å². The molecule has 0 aliphatic carbocycles. The largest absolute Gasteiger partial charge is 0.376 e. The number of ether oxygens (including phenoxy) is 1. The van der Waals surface area contributed by atoms with Crippen LogP contribution in [-0.4, -0.2) is 45.6 Å². The highest BCUT2D eigenvalue weighted by Crippen LogP contribution is 2.43. The van der Waals surface area contributed by atoms with E-state index in [2.05, 4.69) is 6.20 Å². The second-order valence-corrected chi connectivity index (χ2v) is 9.07. The molecule has 2 unspecified atom stereocenters. The van der Waals surface area contributed by atoms with E-state index in [0.29, 0.717) is 17.3 Å². The number of amides is 1. The first-order valence-electron chi connectivity index (χ1n) is 10.1. The molecule has 0 radical (unpaired) electrons. The van der Waals surface area contributed by atoms with Crippen molar-refractivity contribution in [3.8, 4) is 16.9 Å². The monoisotopic (exact) mass is 439 g/mol. The summed E-state index contributed by atoms with van der Waals surface area (Å²) >= 11 is 7.77. The number of aromatic nitrogens is 2. The van der Waals surface area contributed by atoms with Gasteiger partial charge in [-0.3, -0.25) is 4.79 Å². The van der Waals surface area contributed by atoms with Gasteiger partial charge in [-0.25, -0.2) is 4.68 Å². The molecular formula is C23H22ClN3O2S. The van der Waals surface area contributed by atoms with Crippen molar-refractivity contribution < 1.29 is 9.53 Å². The Morgan fingerprint density at radius 2 is 1.93 bits per heavy atom. The van der Waals surface area contributed by atoms with Crippen LogP contribution in [0.3, 0.4) is 0 Å². The fourth-order valence-corrected chi connectivity index (χ4v) is 5.36. The van der Waals surface area contributed by atoms with Crippen molar-refractivity contribution in [3.63, 3.8) is 0 Å². The van der Waals surface area contributed by atoms with Crippen LogP contribution in [0.1, 0.15) is 23.8 Å². The van der Waals surface area contributed by atoms with Crippen LogP contribution in [0.2, 0.25) is 5.02 Å². The minimum Gasteiger partial charge on any atom is -0.376 e. The van der Waals surface area contributed by atoms with Gasteiger partial charge in [-0.2, -0.15) is 5.10 Å². The van der Waals surface area contributed by atoms with Crippen molar-refractivity contribution in [1.82, 2.24) is 14.7 Å². The zero-order chi connectivity index (χ0) is 20.5. The van der Waals surface area contributed by atoms with Gasteiger partial charge in [0.1, 0.15) is 5.37 Å². The first-order chi connectivity index (χ1) is 14.7. The Kier molecular flexibility index (Phi) is 5.54. The van der Waals surface area contributed by atoms with E-state index < -0.39 is 0 Å². The van der Waals surface area contributed by atoms with Crippen molar-refractivity contribution in [1.29, 1.82) is 0 Å². The van der Waals surface area contributed by atoms with Crippen LogP contribution in [0.25, 0.3) is 16.9 Å². The third-order valence-corrected chi connectivity index (χ3v) is 7.03. The summed E-state index contributed by atoms with van der Waals surface area (Å²) in [6, 6.07) is 17.7. The van der Waals surface area contributed by atoms with Crippen molar-refractivity contribution in [3.05, 3.63) is 71.4 Å². The van der Waals surface area contributed by atoms with Crippen LogP contribution < -0.4 is 0 Å². The molecule has 2 aromatic carbocycles. The molecule has 2 fully saturated rings. The number of carbonyl (C=O) groups is 1. The normalized spacial score (nSPS) is 21.5. The molecule has 2 saturated heterocycles. The average molecular weight is 440 g/mol. The Bertz CT molecular complexity index is 1030. The van der Waals surface area contributed by atoms with Gasteiger partial charge in [-0.1, -0.05) is 41.9 Å². The first kappa shape index (κ1) is 19.7. The number of hydrogen-bond acceptors (Lipinski definition) is 4. The van der Waals surface area contributed by atoms with E-state index in [1.54, 1.807) is 11.8 Å². The molecule has 1 aromatic heterocycles.